The van der Waals surface area contributed by atoms with Crippen LogP contribution < -0.4 is 5.32 Å². The number of carbonyl (C=O) groups is 1. The van der Waals surface area contributed by atoms with Crippen LogP contribution in [0.1, 0.15) is 38.5 Å². The van der Waals surface area contributed by atoms with Gasteiger partial charge in [-0.1, -0.05) is 12.8 Å². The third kappa shape index (κ3) is 3.92. The summed E-state index contributed by atoms with van der Waals surface area (Å²) >= 11 is 0. The van der Waals surface area contributed by atoms with Gasteiger partial charge in [0, 0.05) is 38.0 Å². The van der Waals surface area contributed by atoms with E-state index in [9.17, 15) is 18.7 Å². The highest BCUT2D eigenvalue weighted by Crippen LogP contribution is 2.39. The summed E-state index contributed by atoms with van der Waals surface area (Å²) in [4.78, 5) is 14.2. The van der Waals surface area contributed by atoms with Crippen LogP contribution in [-0.4, -0.2) is 41.1 Å². The number of fused-ring (bicyclic) bond motifs is 1. The van der Waals surface area contributed by atoms with Crippen molar-refractivity contribution in [1.82, 2.24) is 4.90 Å². The van der Waals surface area contributed by atoms with E-state index < -0.39 is 17.2 Å². The maximum atomic E-state index is 13.5. The number of nitrogens with one attached hydrogen (secondary N) is 1. The highest BCUT2D eigenvalue weighted by atomic mass is 19.1. The summed E-state index contributed by atoms with van der Waals surface area (Å²) in [7, 11) is 0. The molecular weight excluding hydrogens is 314 g/mol. The van der Waals surface area contributed by atoms with Crippen LogP contribution in [0.4, 0.5) is 14.5 Å². The summed E-state index contributed by atoms with van der Waals surface area (Å²) in [6, 6.07) is 3.00. The zero-order valence-electron chi connectivity index (χ0n) is 13.7. The average molecular weight is 338 g/mol. The molecule has 1 aliphatic carbocycles. The first-order chi connectivity index (χ1) is 11.5. The smallest absolute Gasteiger partial charge is 0.225 e. The second-order valence-electron chi connectivity index (χ2n) is 7.02. The number of amides is 1. The lowest BCUT2D eigenvalue weighted by atomic mass is 9.71. The molecule has 0 aromatic heterocycles. The van der Waals surface area contributed by atoms with Crippen LogP contribution in [0, 0.1) is 17.6 Å². The molecule has 3 rings (SSSR count). The zero-order chi connectivity index (χ0) is 17.2. The number of aliphatic hydroxyl groups is 1. The Balaban J connectivity index is 1.49. The monoisotopic (exact) mass is 338 g/mol. The molecule has 1 saturated heterocycles. The van der Waals surface area contributed by atoms with Crippen LogP contribution >= 0.6 is 0 Å². The predicted molar refractivity (Wildman–Crippen MR) is 87.6 cm³/mol. The molecule has 0 spiro atoms. The molecule has 2 aliphatic rings. The predicted octanol–water partition coefficient (Wildman–Crippen LogP) is 2.92. The van der Waals surface area contributed by atoms with Crippen LogP contribution in [0.3, 0.4) is 0 Å². The van der Waals surface area contributed by atoms with Crippen molar-refractivity contribution in [1.29, 1.82) is 0 Å². The van der Waals surface area contributed by atoms with Gasteiger partial charge in [0.15, 0.2) is 0 Å². The van der Waals surface area contributed by atoms with Crippen molar-refractivity contribution in [2.45, 2.75) is 44.1 Å². The largest absolute Gasteiger partial charge is 0.390 e. The fourth-order valence-electron chi connectivity index (χ4n) is 3.91. The summed E-state index contributed by atoms with van der Waals surface area (Å²) < 4.78 is 26.7. The molecule has 0 radical (unpaired) electrons. The SMILES string of the molecule is O=C(CCN1CC[C@@]2(O)CCCC[C@H]2C1)Nc1cc(F)ccc1F. The van der Waals surface area contributed by atoms with Gasteiger partial charge in [-0.05, 0) is 31.4 Å². The highest BCUT2D eigenvalue weighted by molar-refractivity contribution is 5.90. The minimum Gasteiger partial charge on any atom is -0.390 e. The fraction of sp³-hybridized carbons (Fsp3) is 0.611. The molecule has 0 bridgehead atoms. The minimum absolute atomic E-state index is 0.125. The number of halogens is 2. The van der Waals surface area contributed by atoms with Gasteiger partial charge in [0.2, 0.25) is 5.91 Å². The van der Waals surface area contributed by atoms with E-state index in [0.29, 0.717) is 6.54 Å². The van der Waals surface area contributed by atoms with Gasteiger partial charge in [-0.2, -0.15) is 0 Å². The first kappa shape index (κ1) is 17.3. The van der Waals surface area contributed by atoms with Gasteiger partial charge >= 0.3 is 0 Å². The molecule has 1 heterocycles. The number of nitrogens with zero attached hydrogens (tertiary/aromatic N) is 1. The average Bonchev–Trinajstić information content (AvgIpc) is 2.56. The third-order valence-corrected chi connectivity index (χ3v) is 5.37. The molecule has 1 amide bonds. The van der Waals surface area contributed by atoms with Crippen molar-refractivity contribution < 1.29 is 18.7 Å². The first-order valence-corrected chi connectivity index (χ1v) is 8.66. The van der Waals surface area contributed by atoms with E-state index in [2.05, 4.69) is 10.2 Å². The topological polar surface area (TPSA) is 52.6 Å². The maximum absolute atomic E-state index is 13.5. The Labute approximate surface area is 140 Å². The number of anilines is 1. The van der Waals surface area contributed by atoms with E-state index >= 15 is 0 Å². The van der Waals surface area contributed by atoms with Crippen molar-refractivity contribution in [2.75, 3.05) is 25.0 Å². The normalized spacial score (nSPS) is 27.5. The number of rotatable bonds is 4. The van der Waals surface area contributed by atoms with Gasteiger partial charge in [-0.3, -0.25) is 4.79 Å². The molecular formula is C18H24F2N2O2. The lowest BCUT2D eigenvalue weighted by Gasteiger charge is -2.47. The molecule has 1 aliphatic heterocycles. The van der Waals surface area contributed by atoms with Crippen molar-refractivity contribution in [3.05, 3.63) is 29.8 Å². The second kappa shape index (κ2) is 7.15. The number of benzene rings is 1. The minimum atomic E-state index is -0.644. The van der Waals surface area contributed by atoms with Crippen molar-refractivity contribution in [3.8, 4) is 0 Å². The van der Waals surface area contributed by atoms with Gasteiger partial charge in [-0.15, -0.1) is 0 Å². The lowest BCUT2D eigenvalue weighted by Crippen LogP contribution is -2.53. The highest BCUT2D eigenvalue weighted by Gasteiger charge is 2.42. The van der Waals surface area contributed by atoms with Gasteiger partial charge in [0.25, 0.3) is 0 Å². The second-order valence-corrected chi connectivity index (χ2v) is 7.02. The summed E-state index contributed by atoms with van der Waals surface area (Å²) in [6.45, 7) is 2.14. The van der Waals surface area contributed by atoms with Crippen molar-refractivity contribution in [2.24, 2.45) is 5.92 Å². The molecule has 24 heavy (non-hydrogen) atoms. The van der Waals surface area contributed by atoms with E-state index in [1.165, 1.54) is 0 Å². The Kier molecular flexibility index (Phi) is 5.15. The Morgan fingerprint density at radius 3 is 3.00 bits per heavy atom. The molecule has 0 unspecified atom stereocenters. The Morgan fingerprint density at radius 2 is 2.17 bits per heavy atom. The number of likely N-dealkylation sites (tertiary alicyclic amines) is 1. The van der Waals surface area contributed by atoms with Gasteiger partial charge in [0.05, 0.1) is 11.3 Å². The van der Waals surface area contributed by atoms with E-state index in [0.717, 1.165) is 63.4 Å². The van der Waals surface area contributed by atoms with E-state index in [-0.39, 0.29) is 23.9 Å². The van der Waals surface area contributed by atoms with E-state index in [1.807, 2.05) is 0 Å². The molecule has 2 N–H and O–H groups in total. The van der Waals surface area contributed by atoms with Crippen LogP contribution in [-0.2, 0) is 4.79 Å². The number of piperidine rings is 1. The quantitative estimate of drug-likeness (QED) is 0.887. The molecule has 1 aromatic carbocycles. The molecule has 4 nitrogen and oxygen atoms in total. The van der Waals surface area contributed by atoms with Crippen LogP contribution in [0.15, 0.2) is 18.2 Å². The van der Waals surface area contributed by atoms with Gasteiger partial charge in [-0.25, -0.2) is 8.78 Å². The van der Waals surface area contributed by atoms with Gasteiger partial charge in [0.1, 0.15) is 11.6 Å². The Morgan fingerprint density at radius 1 is 1.33 bits per heavy atom. The summed E-state index contributed by atoms with van der Waals surface area (Å²) in [6.07, 6.45) is 5.13. The number of hydrogen-bond acceptors (Lipinski definition) is 3. The zero-order valence-corrected chi connectivity index (χ0v) is 13.7. The van der Waals surface area contributed by atoms with Crippen molar-refractivity contribution >= 4 is 11.6 Å². The Bertz CT molecular complexity index is 611. The van der Waals surface area contributed by atoms with Gasteiger partial charge < -0.3 is 15.3 Å². The third-order valence-electron chi connectivity index (χ3n) is 5.37. The molecule has 1 aromatic rings. The summed E-state index contributed by atoms with van der Waals surface area (Å²) in [5, 5.41) is 13.1. The van der Waals surface area contributed by atoms with Crippen LogP contribution in [0.2, 0.25) is 0 Å². The van der Waals surface area contributed by atoms with E-state index in [1.54, 1.807) is 0 Å². The fourth-order valence-corrected chi connectivity index (χ4v) is 3.91. The van der Waals surface area contributed by atoms with Crippen LogP contribution in [0.5, 0.6) is 0 Å². The number of hydrogen-bond donors (Lipinski definition) is 2. The lowest BCUT2D eigenvalue weighted by molar-refractivity contribution is -0.117. The van der Waals surface area contributed by atoms with Crippen LogP contribution in [0.25, 0.3) is 0 Å². The van der Waals surface area contributed by atoms with E-state index in [4.69, 9.17) is 0 Å². The van der Waals surface area contributed by atoms with Crippen molar-refractivity contribution in [3.63, 3.8) is 0 Å². The molecule has 2 atom stereocenters. The molecule has 1 saturated carbocycles. The molecule has 132 valence electrons. The maximum Gasteiger partial charge on any atom is 0.225 e. The molecule has 6 heteroatoms. The standard InChI is InChI=1S/C18H24F2N2O2/c19-14-4-5-15(20)16(11-14)21-17(23)6-9-22-10-8-18(24)7-2-1-3-13(18)12-22/h4-5,11,13,24H,1-3,6-10,12H2,(H,21,23)/t13-,18-/m0/s1. The first-order valence-electron chi connectivity index (χ1n) is 8.66. The Hall–Kier alpha value is -1.53. The summed E-state index contributed by atoms with van der Waals surface area (Å²) in [5.74, 6) is -1.28. The summed E-state index contributed by atoms with van der Waals surface area (Å²) in [5.41, 5.74) is -0.651. The molecule has 2 fully saturated rings. The number of carbonyl (C=O) groups excluding carboxylic acids is 1.